The fourth-order valence-corrected chi connectivity index (χ4v) is 5.07. The lowest BCUT2D eigenvalue weighted by Crippen LogP contribution is -2.17. The molecule has 1 aliphatic rings. The predicted molar refractivity (Wildman–Crippen MR) is 129 cm³/mol. The minimum Gasteiger partial charge on any atom is -0.493 e. The van der Waals surface area contributed by atoms with Gasteiger partial charge in [-0.3, -0.25) is 4.79 Å². The van der Waals surface area contributed by atoms with Gasteiger partial charge in [-0.1, -0.05) is 55.0 Å². The number of benzene rings is 3. The second-order valence-corrected chi connectivity index (χ2v) is 8.71. The van der Waals surface area contributed by atoms with Crippen molar-refractivity contribution in [3.8, 4) is 5.75 Å². The third-order valence-corrected chi connectivity index (χ3v) is 6.66. The summed E-state index contributed by atoms with van der Waals surface area (Å²) in [6, 6.07) is 21.7. The van der Waals surface area contributed by atoms with Crippen LogP contribution in [0.3, 0.4) is 0 Å². The average molecular weight is 442 g/mol. The number of carboxylic acids is 1. The van der Waals surface area contributed by atoms with Gasteiger partial charge in [0, 0.05) is 35.2 Å². The highest BCUT2D eigenvalue weighted by atomic mass is 16.5. The van der Waals surface area contributed by atoms with Gasteiger partial charge in [0.25, 0.3) is 0 Å². The van der Waals surface area contributed by atoms with E-state index in [0.29, 0.717) is 26.0 Å². The first kappa shape index (κ1) is 21.3. The summed E-state index contributed by atoms with van der Waals surface area (Å²) in [7, 11) is 0. The van der Waals surface area contributed by atoms with Crippen LogP contribution in [-0.2, 0) is 11.3 Å². The van der Waals surface area contributed by atoms with Gasteiger partial charge >= 0.3 is 5.97 Å². The highest BCUT2D eigenvalue weighted by Crippen LogP contribution is 2.35. The number of nitrogens with zero attached hydrogens (tertiary/aromatic N) is 1. The molecule has 0 bridgehead atoms. The van der Waals surface area contributed by atoms with Crippen molar-refractivity contribution in [2.45, 2.75) is 44.6 Å². The van der Waals surface area contributed by atoms with Crippen molar-refractivity contribution in [3.05, 3.63) is 78.0 Å². The first-order chi connectivity index (χ1) is 16.1. The maximum Gasteiger partial charge on any atom is 0.352 e. The number of aryl methyl sites for hydroxylation is 1. The number of Topliss-reactive ketones (excluding diaryl/α,β-unsaturated/α-hetero) is 1. The van der Waals surface area contributed by atoms with Crippen LogP contribution in [0.5, 0.6) is 5.75 Å². The number of carbonyl (C=O) groups is 2. The van der Waals surface area contributed by atoms with Gasteiger partial charge in [-0.25, -0.2) is 4.79 Å². The summed E-state index contributed by atoms with van der Waals surface area (Å²) in [5.74, 6) is 0.0145. The van der Waals surface area contributed by atoms with E-state index in [9.17, 15) is 14.7 Å². The first-order valence-electron chi connectivity index (χ1n) is 11.6. The predicted octanol–water partition coefficient (Wildman–Crippen LogP) is 6.19. The zero-order valence-electron chi connectivity index (χ0n) is 18.5. The van der Waals surface area contributed by atoms with Crippen LogP contribution in [0, 0.1) is 0 Å². The Labute approximate surface area is 192 Å². The van der Waals surface area contributed by atoms with Crippen LogP contribution >= 0.6 is 0 Å². The first-order valence-corrected chi connectivity index (χ1v) is 11.6. The van der Waals surface area contributed by atoms with Gasteiger partial charge in [0.05, 0.1) is 6.61 Å². The monoisotopic (exact) mass is 441 g/mol. The number of carbonyl (C=O) groups excluding carboxylic acids is 1. The molecule has 1 aromatic heterocycles. The minimum absolute atomic E-state index is 0.130. The Morgan fingerprint density at radius 2 is 1.82 bits per heavy atom. The quantitative estimate of drug-likeness (QED) is 0.347. The molecule has 5 nitrogen and oxygen atoms in total. The number of hydrogen-bond donors (Lipinski definition) is 1. The van der Waals surface area contributed by atoms with Crippen LogP contribution < -0.4 is 4.74 Å². The van der Waals surface area contributed by atoms with Crippen molar-refractivity contribution in [2.75, 3.05) is 6.61 Å². The standard InChI is InChI=1S/C28H27NO4/c30-26-14-4-3-11-22(26)21-12-6-13-24-23(21)18-25(28(31)32)29(24)16-7-17-33-27-15-5-9-19-8-1-2-10-20(19)27/h1-2,5-6,8-10,12-13,15,18,22H,3-4,7,11,14,16-17H2,(H,31,32). The second kappa shape index (κ2) is 9.10. The van der Waals surface area contributed by atoms with Crippen molar-refractivity contribution in [2.24, 2.45) is 0 Å². The average Bonchev–Trinajstić information content (AvgIpc) is 3.21. The van der Waals surface area contributed by atoms with Crippen LogP contribution in [-0.4, -0.2) is 28.0 Å². The van der Waals surface area contributed by atoms with E-state index < -0.39 is 5.97 Å². The minimum atomic E-state index is -0.956. The summed E-state index contributed by atoms with van der Waals surface area (Å²) in [4.78, 5) is 24.6. The lowest BCUT2D eigenvalue weighted by Gasteiger charge is -2.21. The second-order valence-electron chi connectivity index (χ2n) is 8.71. The van der Waals surface area contributed by atoms with Crippen LogP contribution in [0.1, 0.15) is 54.1 Å². The van der Waals surface area contributed by atoms with Crippen LogP contribution in [0.15, 0.2) is 66.7 Å². The van der Waals surface area contributed by atoms with Gasteiger partial charge in [0.1, 0.15) is 17.2 Å². The van der Waals surface area contributed by atoms with Crippen LogP contribution in [0.25, 0.3) is 21.7 Å². The Balaban J connectivity index is 1.38. The number of fused-ring (bicyclic) bond motifs is 2. The van der Waals surface area contributed by atoms with E-state index >= 15 is 0 Å². The van der Waals surface area contributed by atoms with Crippen molar-refractivity contribution < 1.29 is 19.4 Å². The van der Waals surface area contributed by atoms with Crippen LogP contribution in [0.4, 0.5) is 0 Å². The molecule has 1 N–H and O–H groups in total. The molecule has 0 amide bonds. The molecule has 1 heterocycles. The van der Waals surface area contributed by atoms with Gasteiger partial charge in [0.15, 0.2) is 0 Å². The highest BCUT2D eigenvalue weighted by molar-refractivity contribution is 5.99. The molecular formula is C28H27NO4. The Bertz CT molecular complexity index is 1330. The smallest absolute Gasteiger partial charge is 0.352 e. The molecule has 3 aromatic carbocycles. The molecule has 0 aliphatic heterocycles. The molecule has 33 heavy (non-hydrogen) atoms. The van der Waals surface area contributed by atoms with Gasteiger partial charge in [-0.05, 0) is 48.4 Å². The normalized spacial score (nSPS) is 16.4. The Morgan fingerprint density at radius 3 is 2.67 bits per heavy atom. The van der Waals surface area contributed by atoms with E-state index in [1.807, 2.05) is 53.1 Å². The molecule has 1 saturated carbocycles. The van der Waals surface area contributed by atoms with Gasteiger partial charge < -0.3 is 14.4 Å². The highest BCUT2D eigenvalue weighted by Gasteiger charge is 2.27. The Morgan fingerprint density at radius 1 is 1.00 bits per heavy atom. The summed E-state index contributed by atoms with van der Waals surface area (Å²) in [5, 5.41) is 12.9. The topological polar surface area (TPSA) is 68.5 Å². The third kappa shape index (κ3) is 4.11. The summed E-state index contributed by atoms with van der Waals surface area (Å²) >= 11 is 0. The fraction of sp³-hybridized carbons (Fsp3) is 0.286. The maximum absolute atomic E-state index is 12.6. The van der Waals surface area contributed by atoms with Gasteiger partial charge in [0.2, 0.25) is 0 Å². The van der Waals surface area contributed by atoms with Crippen molar-refractivity contribution >= 4 is 33.4 Å². The van der Waals surface area contributed by atoms with E-state index in [1.54, 1.807) is 6.07 Å². The molecule has 0 radical (unpaired) electrons. The lowest BCUT2D eigenvalue weighted by molar-refractivity contribution is -0.121. The molecule has 1 unspecified atom stereocenters. The van der Waals surface area contributed by atoms with Crippen LogP contribution in [0.2, 0.25) is 0 Å². The third-order valence-electron chi connectivity index (χ3n) is 6.66. The molecule has 5 heteroatoms. The van der Waals surface area contributed by atoms with E-state index in [0.717, 1.165) is 52.3 Å². The maximum atomic E-state index is 12.6. The molecule has 1 aliphatic carbocycles. The zero-order valence-corrected chi connectivity index (χ0v) is 18.5. The van der Waals surface area contributed by atoms with E-state index in [-0.39, 0.29) is 17.4 Å². The van der Waals surface area contributed by atoms with Gasteiger partial charge in [-0.15, -0.1) is 0 Å². The molecule has 1 fully saturated rings. The van der Waals surface area contributed by atoms with Crippen molar-refractivity contribution in [1.29, 1.82) is 0 Å². The lowest BCUT2D eigenvalue weighted by atomic mass is 9.82. The summed E-state index contributed by atoms with van der Waals surface area (Å²) < 4.78 is 7.91. The van der Waals surface area contributed by atoms with E-state index in [1.165, 1.54) is 0 Å². The Hall–Kier alpha value is -3.60. The largest absolute Gasteiger partial charge is 0.493 e. The van der Waals surface area contributed by atoms with Crippen molar-refractivity contribution in [1.82, 2.24) is 4.57 Å². The molecule has 5 rings (SSSR count). The summed E-state index contributed by atoms with van der Waals surface area (Å²) in [5.41, 5.74) is 2.09. The molecule has 1 atom stereocenters. The summed E-state index contributed by atoms with van der Waals surface area (Å²) in [6.07, 6.45) is 4.09. The summed E-state index contributed by atoms with van der Waals surface area (Å²) in [6.45, 7) is 1.01. The van der Waals surface area contributed by atoms with E-state index in [4.69, 9.17) is 4.74 Å². The van der Waals surface area contributed by atoms with Gasteiger partial charge in [-0.2, -0.15) is 0 Å². The zero-order chi connectivity index (χ0) is 22.8. The number of hydrogen-bond acceptors (Lipinski definition) is 3. The molecular weight excluding hydrogens is 414 g/mol. The number of ketones is 1. The molecule has 0 saturated heterocycles. The SMILES string of the molecule is O=C(O)c1cc2c(C3CCCCC3=O)cccc2n1CCCOc1cccc2ccccc12. The van der Waals surface area contributed by atoms with Crippen molar-refractivity contribution in [3.63, 3.8) is 0 Å². The number of ether oxygens (including phenoxy) is 1. The molecule has 168 valence electrons. The molecule has 4 aromatic rings. The fourth-order valence-electron chi connectivity index (χ4n) is 5.07. The van der Waals surface area contributed by atoms with E-state index in [2.05, 4.69) is 12.1 Å². The number of rotatable bonds is 7. The Kier molecular flexibility index (Phi) is 5.86. The number of carboxylic acid groups (broad SMARTS) is 1. The number of aromatic nitrogens is 1. The molecule has 0 spiro atoms. The number of aromatic carboxylic acids is 1.